The Balaban J connectivity index is 1.98. The lowest BCUT2D eigenvalue weighted by molar-refractivity contribution is -0.131. The Morgan fingerprint density at radius 2 is 2.15 bits per heavy atom. The van der Waals surface area contributed by atoms with E-state index < -0.39 is 5.97 Å². The van der Waals surface area contributed by atoms with Crippen LogP contribution in [0.25, 0.3) is 6.08 Å². The van der Waals surface area contributed by atoms with Crippen molar-refractivity contribution in [1.29, 1.82) is 0 Å². The number of halogens is 1. The smallest absolute Gasteiger partial charge is 0.328 e. The number of carboxylic acids is 1. The molecule has 0 aliphatic carbocycles. The van der Waals surface area contributed by atoms with E-state index in [0.29, 0.717) is 22.9 Å². The Labute approximate surface area is 123 Å². The summed E-state index contributed by atoms with van der Waals surface area (Å²) in [6.07, 6.45) is 5.04. The molecule has 0 saturated carbocycles. The fourth-order valence-corrected chi connectivity index (χ4v) is 2.48. The molecule has 0 unspecified atom stereocenters. The van der Waals surface area contributed by atoms with Crippen molar-refractivity contribution >= 4 is 23.6 Å². The van der Waals surface area contributed by atoms with E-state index >= 15 is 0 Å². The maximum absolute atomic E-state index is 10.6. The number of rotatable bonds is 6. The predicted octanol–water partition coefficient (Wildman–Crippen LogP) is 2.91. The average Bonchev–Trinajstić information content (AvgIpc) is 2.91. The molecule has 1 saturated heterocycles. The minimum absolute atomic E-state index is 0.487. The lowest BCUT2D eigenvalue weighted by atomic mass is 10.2. The van der Waals surface area contributed by atoms with Gasteiger partial charge < -0.3 is 9.84 Å². The van der Waals surface area contributed by atoms with Crippen LogP contribution in [0.2, 0.25) is 5.02 Å². The summed E-state index contributed by atoms with van der Waals surface area (Å²) in [5, 5.41) is 9.19. The molecule has 1 aromatic carbocycles. The molecule has 0 radical (unpaired) electrons. The number of likely N-dealkylation sites (tertiary alicyclic amines) is 1. The molecule has 1 heterocycles. The topological polar surface area (TPSA) is 49.8 Å². The van der Waals surface area contributed by atoms with Gasteiger partial charge >= 0.3 is 5.97 Å². The molecule has 5 heteroatoms. The molecule has 0 atom stereocenters. The molecule has 4 nitrogen and oxygen atoms in total. The largest absolute Gasteiger partial charge is 0.492 e. The van der Waals surface area contributed by atoms with Gasteiger partial charge in [0.1, 0.15) is 12.4 Å². The summed E-state index contributed by atoms with van der Waals surface area (Å²) in [5.74, 6) is -0.387. The quantitative estimate of drug-likeness (QED) is 0.820. The molecule has 0 amide bonds. The van der Waals surface area contributed by atoms with Crippen molar-refractivity contribution in [3.05, 3.63) is 34.9 Å². The molecule has 1 N–H and O–H groups in total. The number of ether oxygens (including phenoxy) is 1. The fourth-order valence-electron chi connectivity index (χ4n) is 2.25. The Hall–Kier alpha value is -1.52. The second-order valence-electron chi connectivity index (χ2n) is 4.72. The van der Waals surface area contributed by atoms with Crippen LogP contribution >= 0.6 is 11.6 Å². The second-order valence-corrected chi connectivity index (χ2v) is 5.13. The van der Waals surface area contributed by atoms with Crippen molar-refractivity contribution in [2.24, 2.45) is 0 Å². The SMILES string of the molecule is O=C(O)/C=C/c1c(Cl)cccc1OCCN1CCCC1. The highest BCUT2D eigenvalue weighted by Crippen LogP contribution is 2.27. The predicted molar refractivity (Wildman–Crippen MR) is 79.3 cm³/mol. The number of carboxylic acid groups (broad SMARTS) is 1. The zero-order valence-electron chi connectivity index (χ0n) is 11.2. The van der Waals surface area contributed by atoms with Crippen molar-refractivity contribution in [1.82, 2.24) is 4.90 Å². The van der Waals surface area contributed by atoms with Crippen molar-refractivity contribution in [3.63, 3.8) is 0 Å². The van der Waals surface area contributed by atoms with Crippen molar-refractivity contribution < 1.29 is 14.6 Å². The van der Waals surface area contributed by atoms with E-state index in [1.165, 1.54) is 18.9 Å². The van der Waals surface area contributed by atoms with E-state index in [1.807, 2.05) is 0 Å². The van der Waals surface area contributed by atoms with Gasteiger partial charge in [0.2, 0.25) is 0 Å². The summed E-state index contributed by atoms with van der Waals surface area (Å²) in [4.78, 5) is 13.0. The van der Waals surface area contributed by atoms with Gasteiger partial charge in [-0.2, -0.15) is 0 Å². The monoisotopic (exact) mass is 295 g/mol. The lowest BCUT2D eigenvalue weighted by Gasteiger charge is -2.16. The minimum Gasteiger partial charge on any atom is -0.492 e. The summed E-state index contributed by atoms with van der Waals surface area (Å²) in [7, 11) is 0. The second kappa shape index (κ2) is 7.31. The number of nitrogens with zero attached hydrogens (tertiary/aromatic N) is 1. The third kappa shape index (κ3) is 4.25. The summed E-state index contributed by atoms with van der Waals surface area (Å²) >= 11 is 6.08. The van der Waals surface area contributed by atoms with Crippen LogP contribution in [0.4, 0.5) is 0 Å². The third-order valence-corrected chi connectivity index (χ3v) is 3.60. The number of aliphatic carboxylic acids is 1. The van der Waals surface area contributed by atoms with Crippen LogP contribution in [0.3, 0.4) is 0 Å². The van der Waals surface area contributed by atoms with Gasteiger partial charge in [-0.3, -0.25) is 4.90 Å². The number of carbonyl (C=O) groups is 1. The lowest BCUT2D eigenvalue weighted by Crippen LogP contribution is -2.25. The first-order valence-electron chi connectivity index (χ1n) is 6.71. The van der Waals surface area contributed by atoms with Crippen molar-refractivity contribution in [2.45, 2.75) is 12.8 Å². The van der Waals surface area contributed by atoms with Gasteiger partial charge in [0.25, 0.3) is 0 Å². The van der Waals surface area contributed by atoms with Crippen LogP contribution in [-0.2, 0) is 4.79 Å². The highest BCUT2D eigenvalue weighted by atomic mass is 35.5. The highest BCUT2D eigenvalue weighted by molar-refractivity contribution is 6.32. The Kier molecular flexibility index (Phi) is 5.44. The molecule has 0 spiro atoms. The summed E-state index contributed by atoms with van der Waals surface area (Å²) in [6.45, 7) is 3.72. The number of hydrogen-bond acceptors (Lipinski definition) is 3. The molecule has 108 valence electrons. The minimum atomic E-state index is -1.01. The van der Waals surface area contributed by atoms with Crippen LogP contribution in [0, 0.1) is 0 Å². The van der Waals surface area contributed by atoms with Gasteiger partial charge in [0, 0.05) is 18.2 Å². The first-order valence-corrected chi connectivity index (χ1v) is 7.09. The standard InChI is InChI=1S/C15H18ClNO3/c16-13-4-3-5-14(12(13)6-7-15(18)19)20-11-10-17-8-1-2-9-17/h3-7H,1-2,8-11H2,(H,18,19)/b7-6+. The van der Waals surface area contributed by atoms with Gasteiger partial charge in [-0.1, -0.05) is 17.7 Å². The Bertz CT molecular complexity index is 496. The third-order valence-electron chi connectivity index (χ3n) is 3.27. The normalized spacial score (nSPS) is 15.8. The maximum Gasteiger partial charge on any atom is 0.328 e. The van der Waals surface area contributed by atoms with Crippen LogP contribution in [0.5, 0.6) is 5.75 Å². The molecule has 1 fully saturated rings. The molecular weight excluding hydrogens is 278 g/mol. The van der Waals surface area contributed by atoms with Gasteiger partial charge in [-0.05, 0) is 44.1 Å². The van der Waals surface area contributed by atoms with E-state index in [2.05, 4.69) is 4.90 Å². The molecule has 2 rings (SSSR count). The first kappa shape index (κ1) is 14.9. The van der Waals surface area contributed by atoms with Gasteiger partial charge in [0.05, 0.1) is 5.02 Å². The van der Waals surface area contributed by atoms with Gasteiger partial charge in [0.15, 0.2) is 0 Å². The maximum atomic E-state index is 10.6. The zero-order chi connectivity index (χ0) is 14.4. The van der Waals surface area contributed by atoms with Crippen LogP contribution < -0.4 is 4.74 Å². The molecule has 1 aliphatic heterocycles. The molecule has 0 aromatic heterocycles. The summed E-state index contributed by atoms with van der Waals surface area (Å²) in [6, 6.07) is 5.32. The molecule has 0 bridgehead atoms. The molecule has 1 aromatic rings. The summed E-state index contributed by atoms with van der Waals surface area (Å²) < 4.78 is 5.74. The highest BCUT2D eigenvalue weighted by Gasteiger charge is 2.11. The van der Waals surface area contributed by atoms with E-state index in [-0.39, 0.29) is 0 Å². The van der Waals surface area contributed by atoms with Crippen LogP contribution in [0.1, 0.15) is 18.4 Å². The fraction of sp³-hybridized carbons (Fsp3) is 0.400. The number of hydrogen-bond donors (Lipinski definition) is 1. The Morgan fingerprint density at radius 3 is 2.85 bits per heavy atom. The summed E-state index contributed by atoms with van der Waals surface area (Å²) in [5.41, 5.74) is 0.609. The first-order chi connectivity index (χ1) is 9.66. The van der Waals surface area contributed by atoms with Gasteiger partial charge in [-0.25, -0.2) is 4.79 Å². The molecular formula is C15H18ClNO3. The number of benzene rings is 1. The van der Waals surface area contributed by atoms with Crippen molar-refractivity contribution in [2.75, 3.05) is 26.2 Å². The van der Waals surface area contributed by atoms with E-state index in [0.717, 1.165) is 25.7 Å². The van der Waals surface area contributed by atoms with Crippen molar-refractivity contribution in [3.8, 4) is 5.75 Å². The van der Waals surface area contributed by atoms with Gasteiger partial charge in [-0.15, -0.1) is 0 Å². The van der Waals surface area contributed by atoms with Crippen LogP contribution in [0.15, 0.2) is 24.3 Å². The van der Waals surface area contributed by atoms with Crippen LogP contribution in [-0.4, -0.2) is 42.2 Å². The van der Waals surface area contributed by atoms with E-state index in [9.17, 15) is 4.79 Å². The Morgan fingerprint density at radius 1 is 1.40 bits per heavy atom. The average molecular weight is 296 g/mol. The van der Waals surface area contributed by atoms with E-state index in [1.54, 1.807) is 18.2 Å². The van der Waals surface area contributed by atoms with E-state index in [4.69, 9.17) is 21.4 Å². The molecule has 20 heavy (non-hydrogen) atoms. The molecule has 1 aliphatic rings. The zero-order valence-corrected chi connectivity index (χ0v) is 12.0.